The van der Waals surface area contributed by atoms with E-state index in [-0.39, 0.29) is 42.3 Å². The van der Waals surface area contributed by atoms with E-state index in [9.17, 15) is 9.18 Å². The second kappa shape index (κ2) is 7.26. The van der Waals surface area contributed by atoms with Crippen molar-refractivity contribution < 1.29 is 18.7 Å². The number of fused-ring (bicyclic) bond motifs is 1. The van der Waals surface area contributed by atoms with Crippen LogP contribution in [0.1, 0.15) is 24.9 Å². The van der Waals surface area contributed by atoms with E-state index in [0.29, 0.717) is 37.5 Å². The highest BCUT2D eigenvalue weighted by atomic mass is 35.5. The Kier molecular flexibility index (Phi) is 5.61. The van der Waals surface area contributed by atoms with E-state index in [0.717, 1.165) is 0 Å². The molecule has 0 saturated carbocycles. The van der Waals surface area contributed by atoms with E-state index in [2.05, 4.69) is 10.6 Å². The summed E-state index contributed by atoms with van der Waals surface area (Å²) in [6.45, 7) is 3.64. The lowest BCUT2D eigenvalue weighted by Gasteiger charge is -2.32. The van der Waals surface area contributed by atoms with Crippen LogP contribution in [-0.4, -0.2) is 37.8 Å². The Hall–Kier alpha value is -1.37. The second-order valence-corrected chi connectivity index (χ2v) is 5.39. The van der Waals surface area contributed by atoms with E-state index in [1.54, 1.807) is 6.07 Å². The van der Waals surface area contributed by atoms with E-state index in [4.69, 9.17) is 9.47 Å². The molecule has 22 heavy (non-hydrogen) atoms. The number of halogens is 2. The van der Waals surface area contributed by atoms with Crippen molar-refractivity contribution in [3.05, 3.63) is 29.6 Å². The molecule has 0 radical (unpaired) electrons. The number of rotatable bonds is 2. The minimum atomic E-state index is -0.376. The van der Waals surface area contributed by atoms with Gasteiger partial charge in [-0.25, -0.2) is 4.39 Å². The smallest absolute Gasteiger partial charge is 0.240 e. The summed E-state index contributed by atoms with van der Waals surface area (Å²) in [6, 6.07) is 3.79. The Morgan fingerprint density at radius 3 is 3.00 bits per heavy atom. The van der Waals surface area contributed by atoms with Crippen LogP contribution in [0.15, 0.2) is 18.2 Å². The number of nitrogens with one attached hydrogen (secondary N) is 2. The molecule has 1 fully saturated rings. The van der Waals surface area contributed by atoms with E-state index in [1.807, 2.05) is 6.92 Å². The van der Waals surface area contributed by atoms with Crippen LogP contribution in [-0.2, 0) is 9.53 Å². The maximum atomic E-state index is 13.4. The summed E-state index contributed by atoms with van der Waals surface area (Å²) in [5, 5.41) is 6.13. The fourth-order valence-electron chi connectivity index (χ4n) is 2.80. The van der Waals surface area contributed by atoms with Gasteiger partial charge in [-0.1, -0.05) is 0 Å². The Balaban J connectivity index is 0.00000176. The van der Waals surface area contributed by atoms with Crippen molar-refractivity contribution in [1.29, 1.82) is 0 Å². The van der Waals surface area contributed by atoms with Gasteiger partial charge in [-0.3, -0.25) is 4.79 Å². The fraction of sp³-hybridized carbons (Fsp3) is 0.533. The molecule has 1 saturated heterocycles. The second-order valence-electron chi connectivity index (χ2n) is 5.39. The molecule has 0 aromatic heterocycles. The van der Waals surface area contributed by atoms with Gasteiger partial charge in [0.25, 0.3) is 0 Å². The molecule has 7 heteroatoms. The molecule has 3 atom stereocenters. The zero-order valence-electron chi connectivity index (χ0n) is 12.3. The summed E-state index contributed by atoms with van der Waals surface area (Å²) < 4.78 is 24.4. The zero-order valence-corrected chi connectivity index (χ0v) is 13.1. The lowest BCUT2D eigenvalue weighted by atomic mass is 9.99. The van der Waals surface area contributed by atoms with Crippen LogP contribution in [0.25, 0.3) is 0 Å². The lowest BCUT2D eigenvalue weighted by molar-refractivity contribution is -0.129. The first-order valence-corrected chi connectivity index (χ1v) is 7.23. The molecule has 122 valence electrons. The van der Waals surface area contributed by atoms with Crippen LogP contribution in [0.5, 0.6) is 5.75 Å². The Bertz CT molecular complexity index is 544. The molecule has 2 aliphatic rings. The molecule has 1 aromatic carbocycles. The van der Waals surface area contributed by atoms with Crippen molar-refractivity contribution in [2.45, 2.75) is 31.5 Å². The van der Waals surface area contributed by atoms with Crippen LogP contribution >= 0.6 is 12.4 Å². The number of hydrogen-bond donors (Lipinski definition) is 2. The highest BCUT2D eigenvalue weighted by Crippen LogP contribution is 2.32. The molecular weight excluding hydrogens is 311 g/mol. The Morgan fingerprint density at radius 1 is 1.41 bits per heavy atom. The van der Waals surface area contributed by atoms with Gasteiger partial charge in [0, 0.05) is 18.5 Å². The quantitative estimate of drug-likeness (QED) is 0.864. The molecule has 0 bridgehead atoms. The third-order valence-electron chi connectivity index (χ3n) is 3.93. The average molecular weight is 331 g/mol. The highest BCUT2D eigenvalue weighted by Gasteiger charge is 2.31. The largest absolute Gasteiger partial charge is 0.493 e. The van der Waals surface area contributed by atoms with Gasteiger partial charge in [0.15, 0.2) is 0 Å². The predicted octanol–water partition coefficient (Wildman–Crippen LogP) is 1.56. The molecule has 5 nitrogen and oxygen atoms in total. The number of carbonyl (C=O) groups is 1. The minimum absolute atomic E-state index is 0. The van der Waals surface area contributed by atoms with Crippen molar-refractivity contribution in [1.82, 2.24) is 10.6 Å². The summed E-state index contributed by atoms with van der Waals surface area (Å²) in [6.07, 6.45) is 0.454. The lowest BCUT2D eigenvalue weighted by Crippen LogP contribution is -2.56. The van der Waals surface area contributed by atoms with Gasteiger partial charge in [-0.2, -0.15) is 0 Å². The van der Waals surface area contributed by atoms with E-state index >= 15 is 0 Å². The molecule has 1 unspecified atom stereocenters. The van der Waals surface area contributed by atoms with Crippen LogP contribution in [0.3, 0.4) is 0 Å². The monoisotopic (exact) mass is 330 g/mol. The normalized spacial score (nSPS) is 27.1. The van der Waals surface area contributed by atoms with Crippen LogP contribution in [0.2, 0.25) is 0 Å². The minimum Gasteiger partial charge on any atom is -0.493 e. The Morgan fingerprint density at radius 2 is 2.23 bits per heavy atom. The summed E-state index contributed by atoms with van der Waals surface area (Å²) in [4.78, 5) is 12.4. The van der Waals surface area contributed by atoms with Gasteiger partial charge in [-0.05, 0) is 25.1 Å². The van der Waals surface area contributed by atoms with Crippen LogP contribution < -0.4 is 15.4 Å². The van der Waals surface area contributed by atoms with E-state index in [1.165, 1.54) is 12.1 Å². The average Bonchev–Trinajstić information content (AvgIpc) is 2.48. The SMILES string of the molecule is C[C@H]1OCCN[C@@H]1C(=O)NC1CCOc2ccc(F)cc21.Cl. The van der Waals surface area contributed by atoms with Crippen molar-refractivity contribution >= 4 is 18.3 Å². The molecular formula is C15H20ClFN2O3. The van der Waals surface area contributed by atoms with Crippen LogP contribution in [0, 0.1) is 5.82 Å². The first-order valence-electron chi connectivity index (χ1n) is 7.23. The van der Waals surface area contributed by atoms with Gasteiger partial charge < -0.3 is 20.1 Å². The Labute approximate surface area is 135 Å². The predicted molar refractivity (Wildman–Crippen MR) is 81.8 cm³/mol. The number of amides is 1. The maximum Gasteiger partial charge on any atom is 0.240 e. The van der Waals surface area contributed by atoms with Gasteiger partial charge >= 0.3 is 0 Å². The van der Waals surface area contributed by atoms with Gasteiger partial charge in [0.05, 0.1) is 25.4 Å². The summed E-state index contributed by atoms with van der Waals surface area (Å²) >= 11 is 0. The summed E-state index contributed by atoms with van der Waals surface area (Å²) in [7, 11) is 0. The topological polar surface area (TPSA) is 59.6 Å². The first kappa shape index (κ1) is 17.0. The van der Waals surface area contributed by atoms with E-state index < -0.39 is 0 Å². The van der Waals surface area contributed by atoms with Crippen LogP contribution in [0.4, 0.5) is 4.39 Å². The molecule has 1 amide bonds. The summed E-state index contributed by atoms with van der Waals surface area (Å²) in [5.41, 5.74) is 0.694. The zero-order chi connectivity index (χ0) is 14.8. The number of morpholine rings is 1. The standard InChI is InChI=1S/C15H19FN2O3.ClH/c1-9-14(17-5-7-20-9)15(19)18-12-4-6-21-13-3-2-10(16)8-11(12)13;/h2-3,8-9,12,14,17H,4-7H2,1H3,(H,18,19);1H/t9-,12?,14+;/m1./s1. The molecule has 0 spiro atoms. The number of carbonyl (C=O) groups excluding carboxylic acids is 1. The summed E-state index contributed by atoms with van der Waals surface area (Å²) in [5.74, 6) is 0.184. The molecule has 3 rings (SSSR count). The molecule has 2 heterocycles. The van der Waals surface area contributed by atoms with Gasteiger partial charge in [0.2, 0.25) is 5.91 Å². The van der Waals surface area contributed by atoms with Crippen molar-refractivity contribution in [3.8, 4) is 5.75 Å². The van der Waals surface area contributed by atoms with Gasteiger partial charge in [-0.15, -0.1) is 12.4 Å². The number of hydrogen-bond acceptors (Lipinski definition) is 4. The third kappa shape index (κ3) is 3.51. The number of ether oxygens (including phenoxy) is 2. The highest BCUT2D eigenvalue weighted by molar-refractivity contribution is 5.85. The molecule has 1 aromatic rings. The molecule has 2 aliphatic heterocycles. The third-order valence-corrected chi connectivity index (χ3v) is 3.93. The van der Waals surface area contributed by atoms with Crippen molar-refractivity contribution in [2.75, 3.05) is 19.8 Å². The van der Waals surface area contributed by atoms with Crippen molar-refractivity contribution in [2.24, 2.45) is 0 Å². The fourth-order valence-corrected chi connectivity index (χ4v) is 2.80. The maximum absolute atomic E-state index is 13.4. The number of benzene rings is 1. The first-order chi connectivity index (χ1) is 10.1. The molecule has 2 N–H and O–H groups in total. The van der Waals surface area contributed by atoms with Gasteiger partial charge in [0.1, 0.15) is 17.6 Å². The molecule has 0 aliphatic carbocycles. The van der Waals surface area contributed by atoms with Crippen molar-refractivity contribution in [3.63, 3.8) is 0 Å².